The third-order valence-corrected chi connectivity index (χ3v) is 0.730. The van der Waals surface area contributed by atoms with Gasteiger partial charge in [0.05, 0.1) is 0 Å². The number of oxazole rings is 1. The molecule has 1 aromatic rings. The standard InChI is InChI=1S/C5H5NO.Re.Rf/c1-2-5-3-7-4-6-5;;/h2H2,1H3;;/q-2;;. The quantitative estimate of drug-likeness (QED) is 0.487. The van der Waals surface area contributed by atoms with E-state index in [4.69, 9.17) is 0 Å². The molecule has 0 unspecified atom stereocenters. The first-order valence-electron chi connectivity index (χ1n) is 2.17. The van der Waals surface area contributed by atoms with E-state index < -0.39 is 0 Å². The number of hydrogen-bond acceptors (Lipinski definition) is 2. The fourth-order valence-electron chi connectivity index (χ4n) is 0.334. The first-order valence-corrected chi connectivity index (χ1v) is 2.17. The van der Waals surface area contributed by atoms with Gasteiger partial charge in [-0.1, -0.05) is 6.92 Å². The number of nitrogens with zero attached hydrogens (tertiary/aromatic N) is 1. The molecule has 0 spiro atoms. The summed E-state index contributed by atoms with van der Waals surface area (Å²) in [4.78, 5) is 3.69. The SMILES string of the molecule is CCc1[c-]o[c-]n1.[Re].[Rf]. The van der Waals surface area contributed by atoms with Crippen LogP contribution in [0.15, 0.2) is 4.42 Å². The molecule has 0 aliphatic heterocycles. The molecule has 0 saturated heterocycles. The second-order valence-corrected chi connectivity index (χ2v) is 1.21. The van der Waals surface area contributed by atoms with Gasteiger partial charge in [0.15, 0.2) is 0 Å². The van der Waals surface area contributed by atoms with Crippen molar-refractivity contribution in [1.82, 2.24) is 4.98 Å². The minimum Gasteiger partial charge on any atom is -0.826 e. The minimum atomic E-state index is 0. The van der Waals surface area contributed by atoms with Crippen LogP contribution in [0, 0.1) is 12.7 Å². The summed E-state index contributed by atoms with van der Waals surface area (Å²) >= 11 is 0. The van der Waals surface area contributed by atoms with Crippen LogP contribution in [0.25, 0.3) is 0 Å². The second-order valence-electron chi connectivity index (χ2n) is 1.21. The van der Waals surface area contributed by atoms with Crippen LogP contribution >= 0.6 is 0 Å². The van der Waals surface area contributed by atoms with Crippen molar-refractivity contribution in [3.8, 4) is 0 Å². The van der Waals surface area contributed by atoms with Crippen LogP contribution in [-0.2, 0) is 26.8 Å². The predicted octanol–water partition coefficient (Wildman–Crippen LogP) is 0.835. The summed E-state index contributed by atoms with van der Waals surface area (Å²) in [6.07, 6.45) is 5.71. The van der Waals surface area contributed by atoms with Gasteiger partial charge in [-0.25, -0.2) is 6.39 Å². The van der Waals surface area contributed by atoms with Gasteiger partial charge in [-0.2, -0.15) is 5.69 Å². The molecule has 0 fully saturated rings. The average Bonchev–Trinajstić information content (AvgIpc) is 2.14. The number of hydrogen-bond donors (Lipinski definition) is 0. The summed E-state index contributed by atoms with van der Waals surface area (Å²) in [6.45, 7) is 1.99. The summed E-state index contributed by atoms with van der Waals surface area (Å²) in [5.74, 6) is 0. The van der Waals surface area contributed by atoms with E-state index in [2.05, 4.69) is 22.1 Å². The zero-order chi connectivity index (χ0) is 5.11. The molecule has 0 saturated carbocycles. The third-order valence-electron chi connectivity index (χ3n) is 0.730. The van der Waals surface area contributed by atoms with Gasteiger partial charge in [0, 0.05) is 20.4 Å². The van der Waals surface area contributed by atoms with E-state index in [0.717, 1.165) is 12.1 Å². The van der Waals surface area contributed by atoms with Gasteiger partial charge in [0.2, 0.25) is 0 Å². The molecule has 47 valence electrons. The molecule has 2 nitrogen and oxygen atoms in total. The van der Waals surface area contributed by atoms with Gasteiger partial charge in [-0.3, -0.25) is 0 Å². The monoisotopic (exact) mass is 549 g/mol. The van der Waals surface area contributed by atoms with E-state index in [1.54, 1.807) is 0 Å². The molecular formula is C5H5NOReRf-2. The van der Waals surface area contributed by atoms with Crippen LogP contribution in [0.3, 0.4) is 0 Å². The Morgan fingerprint density at radius 1 is 1.67 bits per heavy atom. The molecular weight excluding hydrogens is 543 g/mol. The van der Waals surface area contributed by atoms with E-state index in [0.29, 0.717) is 0 Å². The van der Waals surface area contributed by atoms with E-state index in [-0.39, 0.29) is 20.4 Å². The van der Waals surface area contributed by atoms with Crippen LogP contribution < -0.4 is 0 Å². The molecule has 1 aromatic heterocycles. The molecule has 0 amide bonds. The zero-order valence-electron chi connectivity index (χ0n) is 5.15. The molecule has 9 heavy (non-hydrogen) atoms. The van der Waals surface area contributed by atoms with E-state index in [1.807, 2.05) is 6.92 Å². The Morgan fingerprint density at radius 3 is 2.56 bits per heavy atom. The Hall–Kier alpha value is -1.13. The number of aromatic nitrogens is 1. The molecule has 0 atom stereocenters. The van der Waals surface area contributed by atoms with E-state index in [9.17, 15) is 0 Å². The minimum absolute atomic E-state index is 0. The van der Waals surface area contributed by atoms with Gasteiger partial charge < -0.3 is 15.7 Å². The summed E-state index contributed by atoms with van der Waals surface area (Å²) in [5, 5.41) is 0. The molecule has 0 bridgehead atoms. The molecule has 1 rings (SSSR count). The third kappa shape index (κ3) is 2.63. The smallest absolute Gasteiger partial charge is 0 e. The van der Waals surface area contributed by atoms with Crippen molar-refractivity contribution in [1.29, 1.82) is 0 Å². The second kappa shape index (κ2) is 5.02. The van der Waals surface area contributed by atoms with Crippen molar-refractivity contribution in [3.63, 3.8) is 0 Å². The topological polar surface area (TPSA) is 26.0 Å². The normalized spacial score (nSPS) is 7.22. The van der Waals surface area contributed by atoms with Gasteiger partial charge in [-0.15, -0.1) is 0 Å². The molecule has 1 heterocycles. The fraction of sp³-hybridized carbons (Fsp3) is 0.400. The number of aryl methyl sites for hydroxylation is 1. The van der Waals surface area contributed by atoms with Crippen LogP contribution in [0.5, 0.6) is 0 Å². The predicted molar refractivity (Wildman–Crippen MR) is 23.6 cm³/mol. The zero-order valence-corrected chi connectivity index (χ0v) is 14.3. The maximum atomic E-state index is 4.44. The maximum absolute atomic E-state index is 4.44. The molecule has 0 aromatic carbocycles. The van der Waals surface area contributed by atoms with Crippen molar-refractivity contribution in [2.45, 2.75) is 13.3 Å². The van der Waals surface area contributed by atoms with Crippen molar-refractivity contribution >= 4 is 0 Å². The molecule has 0 aliphatic rings. The molecule has 1 radical (unpaired) electrons. The first kappa shape index (κ1) is 10.8. The van der Waals surface area contributed by atoms with E-state index >= 15 is 0 Å². The Labute approximate surface area is 62.0 Å². The summed E-state index contributed by atoms with van der Waals surface area (Å²) in [7, 11) is 0. The van der Waals surface area contributed by atoms with Gasteiger partial charge >= 0.3 is 0 Å². The van der Waals surface area contributed by atoms with E-state index in [1.165, 1.54) is 0 Å². The molecule has 0 N–H and O–H groups in total. The van der Waals surface area contributed by atoms with Crippen LogP contribution in [-0.4, -0.2) is 4.98 Å². The van der Waals surface area contributed by atoms with Crippen LogP contribution in [0.1, 0.15) is 12.6 Å². The van der Waals surface area contributed by atoms with Crippen molar-refractivity contribution in [2.75, 3.05) is 0 Å². The Balaban J connectivity index is 0. The van der Waals surface area contributed by atoms with Crippen LogP contribution in [0.4, 0.5) is 0 Å². The Morgan fingerprint density at radius 2 is 2.33 bits per heavy atom. The van der Waals surface area contributed by atoms with Crippen molar-refractivity contribution in [2.24, 2.45) is 0 Å². The van der Waals surface area contributed by atoms with Gasteiger partial charge in [-0.05, 0) is 6.42 Å². The Kier molecular flexibility index (Phi) is 6.01. The summed E-state index contributed by atoms with van der Waals surface area (Å²) < 4.78 is 4.44. The maximum Gasteiger partial charge on any atom is 0 e. The summed E-state index contributed by atoms with van der Waals surface area (Å²) in [6, 6.07) is 0. The summed E-state index contributed by atoms with van der Waals surface area (Å²) in [5.41, 5.74) is 0.833. The number of rotatable bonds is 1. The largest absolute Gasteiger partial charge is 0.826 e. The Bertz CT molecular complexity index is 132. The fourth-order valence-corrected chi connectivity index (χ4v) is 0.334. The van der Waals surface area contributed by atoms with Crippen molar-refractivity contribution < 1.29 is 24.8 Å². The first-order chi connectivity index (χ1) is 3.43. The van der Waals surface area contributed by atoms with Gasteiger partial charge in [0.1, 0.15) is 0 Å². The molecule has 4 heteroatoms. The van der Waals surface area contributed by atoms with Crippen LogP contribution in [0.2, 0.25) is 0 Å². The van der Waals surface area contributed by atoms with Gasteiger partial charge in [0.25, 0.3) is 0 Å². The average molecular weight is 548 g/mol. The van der Waals surface area contributed by atoms with Crippen molar-refractivity contribution in [3.05, 3.63) is 18.4 Å². The molecule has 0 aliphatic carbocycles.